The number of esters is 1. The standard InChI is InChI=1S/C16H23FN2O3/c1-13(11-19-9-7-18(2)8-10-19)22-16(20)12-21-15-5-3-14(17)4-6-15/h3-6,13H,7-12H2,1-2H3/t13-/m0/s1. The molecule has 0 unspecified atom stereocenters. The van der Waals surface area contributed by atoms with Gasteiger partial charge in [0.05, 0.1) is 0 Å². The fraction of sp³-hybridized carbons (Fsp3) is 0.562. The maximum absolute atomic E-state index is 12.7. The highest BCUT2D eigenvalue weighted by Gasteiger charge is 2.18. The Bertz CT molecular complexity index is 473. The second kappa shape index (κ2) is 8.10. The van der Waals surface area contributed by atoms with Crippen LogP contribution in [0.4, 0.5) is 4.39 Å². The van der Waals surface area contributed by atoms with Crippen LogP contribution in [-0.2, 0) is 9.53 Å². The Morgan fingerprint density at radius 2 is 1.86 bits per heavy atom. The van der Waals surface area contributed by atoms with Gasteiger partial charge < -0.3 is 14.4 Å². The van der Waals surface area contributed by atoms with E-state index in [-0.39, 0.29) is 18.5 Å². The molecule has 122 valence electrons. The molecule has 5 nitrogen and oxygen atoms in total. The summed E-state index contributed by atoms with van der Waals surface area (Å²) in [6.07, 6.45) is -0.173. The van der Waals surface area contributed by atoms with Crippen LogP contribution in [0.15, 0.2) is 24.3 Å². The number of nitrogens with zero attached hydrogens (tertiary/aromatic N) is 2. The van der Waals surface area contributed by atoms with E-state index in [1.165, 1.54) is 24.3 Å². The molecule has 1 aliphatic rings. The van der Waals surface area contributed by atoms with Crippen molar-refractivity contribution >= 4 is 5.97 Å². The maximum atomic E-state index is 12.7. The van der Waals surface area contributed by atoms with Crippen molar-refractivity contribution in [3.05, 3.63) is 30.1 Å². The first-order valence-electron chi connectivity index (χ1n) is 7.51. The normalized spacial score (nSPS) is 18.0. The van der Waals surface area contributed by atoms with Gasteiger partial charge in [0.15, 0.2) is 6.61 Å². The molecule has 1 aromatic rings. The molecule has 0 N–H and O–H groups in total. The molecule has 0 bridgehead atoms. The molecular weight excluding hydrogens is 287 g/mol. The largest absolute Gasteiger partial charge is 0.482 e. The summed E-state index contributed by atoms with van der Waals surface area (Å²) in [7, 11) is 2.10. The number of ether oxygens (including phenoxy) is 2. The first-order valence-corrected chi connectivity index (χ1v) is 7.51. The van der Waals surface area contributed by atoms with Crippen LogP contribution in [0.3, 0.4) is 0 Å². The second-order valence-corrected chi connectivity index (χ2v) is 5.65. The Kier molecular flexibility index (Phi) is 6.15. The van der Waals surface area contributed by atoms with Crippen LogP contribution in [0.1, 0.15) is 6.92 Å². The zero-order chi connectivity index (χ0) is 15.9. The van der Waals surface area contributed by atoms with Gasteiger partial charge in [-0.1, -0.05) is 0 Å². The molecule has 0 saturated carbocycles. The van der Waals surface area contributed by atoms with Crippen molar-refractivity contribution in [1.29, 1.82) is 0 Å². The summed E-state index contributed by atoms with van der Waals surface area (Å²) in [5.41, 5.74) is 0. The van der Waals surface area contributed by atoms with Gasteiger partial charge in [0.25, 0.3) is 0 Å². The highest BCUT2D eigenvalue weighted by molar-refractivity contribution is 5.71. The number of hydrogen-bond acceptors (Lipinski definition) is 5. The number of halogens is 1. The average Bonchev–Trinajstić information content (AvgIpc) is 2.49. The highest BCUT2D eigenvalue weighted by Crippen LogP contribution is 2.11. The highest BCUT2D eigenvalue weighted by atomic mass is 19.1. The number of likely N-dealkylation sites (N-methyl/N-ethyl adjacent to an activating group) is 1. The van der Waals surface area contributed by atoms with Gasteiger partial charge in [-0.25, -0.2) is 9.18 Å². The van der Waals surface area contributed by atoms with Crippen molar-refractivity contribution in [3.63, 3.8) is 0 Å². The van der Waals surface area contributed by atoms with Gasteiger partial charge in [0.1, 0.15) is 17.7 Å². The van der Waals surface area contributed by atoms with Gasteiger partial charge in [0.2, 0.25) is 0 Å². The molecule has 0 aliphatic carbocycles. The fourth-order valence-electron chi connectivity index (χ4n) is 2.36. The summed E-state index contributed by atoms with van der Waals surface area (Å²) in [6, 6.07) is 5.54. The Balaban J connectivity index is 1.66. The molecular formula is C16H23FN2O3. The number of hydrogen-bond donors (Lipinski definition) is 0. The van der Waals surface area contributed by atoms with Crippen molar-refractivity contribution < 1.29 is 18.7 Å². The lowest BCUT2D eigenvalue weighted by molar-refractivity contribution is -0.151. The van der Waals surface area contributed by atoms with E-state index < -0.39 is 5.97 Å². The zero-order valence-electron chi connectivity index (χ0n) is 13.1. The smallest absolute Gasteiger partial charge is 0.344 e. The SMILES string of the molecule is C[C@@H](CN1CCN(C)CC1)OC(=O)COc1ccc(F)cc1. The van der Waals surface area contributed by atoms with E-state index in [2.05, 4.69) is 16.8 Å². The first kappa shape index (κ1) is 16.7. The Morgan fingerprint density at radius 1 is 1.23 bits per heavy atom. The lowest BCUT2D eigenvalue weighted by atomic mass is 10.3. The molecule has 22 heavy (non-hydrogen) atoms. The molecule has 0 radical (unpaired) electrons. The predicted molar refractivity (Wildman–Crippen MR) is 81.4 cm³/mol. The lowest BCUT2D eigenvalue weighted by Crippen LogP contribution is -2.47. The van der Waals surface area contributed by atoms with Gasteiger partial charge >= 0.3 is 5.97 Å². The van der Waals surface area contributed by atoms with Crippen molar-refractivity contribution in [3.8, 4) is 5.75 Å². The number of rotatable bonds is 6. The van der Waals surface area contributed by atoms with Crippen LogP contribution in [0.25, 0.3) is 0 Å². The molecule has 1 saturated heterocycles. The van der Waals surface area contributed by atoms with Crippen LogP contribution in [-0.4, -0.2) is 68.3 Å². The summed E-state index contributed by atoms with van der Waals surface area (Å²) < 4.78 is 23.3. The van der Waals surface area contributed by atoms with Gasteiger partial charge in [-0.15, -0.1) is 0 Å². The molecule has 6 heteroatoms. The molecule has 1 atom stereocenters. The Labute approximate surface area is 130 Å². The zero-order valence-corrected chi connectivity index (χ0v) is 13.1. The molecule has 0 aromatic heterocycles. The number of carbonyl (C=O) groups is 1. The predicted octanol–water partition coefficient (Wildman–Crippen LogP) is 1.38. The Morgan fingerprint density at radius 3 is 2.50 bits per heavy atom. The molecule has 0 amide bonds. The first-order chi connectivity index (χ1) is 10.5. The van der Waals surface area contributed by atoms with Crippen molar-refractivity contribution in [1.82, 2.24) is 9.80 Å². The number of carbonyl (C=O) groups excluding carboxylic acids is 1. The third kappa shape index (κ3) is 5.61. The quantitative estimate of drug-likeness (QED) is 0.743. The van der Waals surface area contributed by atoms with Crippen molar-refractivity contribution in [2.45, 2.75) is 13.0 Å². The van der Waals surface area contributed by atoms with Crippen LogP contribution >= 0.6 is 0 Å². The maximum Gasteiger partial charge on any atom is 0.344 e. The van der Waals surface area contributed by atoms with Gasteiger partial charge in [-0.2, -0.15) is 0 Å². The Hall–Kier alpha value is -1.66. The summed E-state index contributed by atoms with van der Waals surface area (Å²) in [4.78, 5) is 16.3. The minimum Gasteiger partial charge on any atom is -0.482 e. The van der Waals surface area contributed by atoms with Gasteiger partial charge in [0, 0.05) is 32.7 Å². The van der Waals surface area contributed by atoms with Crippen LogP contribution < -0.4 is 4.74 Å². The minimum atomic E-state index is -0.411. The molecule has 2 rings (SSSR count). The van der Waals surface area contributed by atoms with Crippen LogP contribution in [0, 0.1) is 5.82 Å². The van der Waals surface area contributed by atoms with E-state index in [0.717, 1.165) is 32.7 Å². The molecule has 1 heterocycles. The van der Waals surface area contributed by atoms with Gasteiger partial charge in [-0.3, -0.25) is 4.90 Å². The van der Waals surface area contributed by atoms with E-state index in [0.29, 0.717) is 5.75 Å². The van der Waals surface area contributed by atoms with E-state index in [9.17, 15) is 9.18 Å². The third-order valence-electron chi connectivity index (χ3n) is 3.61. The van der Waals surface area contributed by atoms with E-state index in [1.54, 1.807) is 0 Å². The topological polar surface area (TPSA) is 42.0 Å². The van der Waals surface area contributed by atoms with Gasteiger partial charge in [-0.05, 0) is 38.2 Å². The third-order valence-corrected chi connectivity index (χ3v) is 3.61. The molecule has 1 aromatic carbocycles. The van der Waals surface area contributed by atoms with E-state index >= 15 is 0 Å². The summed E-state index contributed by atoms with van der Waals surface area (Å²) in [6.45, 7) is 6.50. The number of piperazine rings is 1. The second-order valence-electron chi connectivity index (χ2n) is 5.65. The van der Waals surface area contributed by atoms with Crippen molar-refractivity contribution in [2.75, 3.05) is 46.4 Å². The summed E-state index contributed by atoms with van der Waals surface area (Å²) in [5, 5.41) is 0. The minimum absolute atomic E-state index is 0.168. The monoisotopic (exact) mass is 310 g/mol. The molecule has 0 spiro atoms. The van der Waals surface area contributed by atoms with E-state index in [1.807, 2.05) is 6.92 Å². The fourth-order valence-corrected chi connectivity index (χ4v) is 2.36. The van der Waals surface area contributed by atoms with Crippen LogP contribution in [0.2, 0.25) is 0 Å². The van der Waals surface area contributed by atoms with Crippen molar-refractivity contribution in [2.24, 2.45) is 0 Å². The lowest BCUT2D eigenvalue weighted by Gasteiger charge is -2.33. The molecule has 1 fully saturated rings. The van der Waals surface area contributed by atoms with E-state index in [4.69, 9.17) is 9.47 Å². The molecule has 1 aliphatic heterocycles. The summed E-state index contributed by atoms with van der Waals surface area (Å²) >= 11 is 0. The summed E-state index contributed by atoms with van der Waals surface area (Å²) in [5.74, 6) is -0.299. The van der Waals surface area contributed by atoms with Crippen LogP contribution in [0.5, 0.6) is 5.75 Å². The average molecular weight is 310 g/mol. The number of benzene rings is 1.